The second kappa shape index (κ2) is 8.31. The zero-order valence-electron chi connectivity index (χ0n) is 15.6. The first-order valence-corrected chi connectivity index (χ1v) is 10.1. The van der Waals surface area contributed by atoms with Crippen LogP contribution in [0.2, 0.25) is 5.02 Å². The van der Waals surface area contributed by atoms with Crippen molar-refractivity contribution in [3.63, 3.8) is 0 Å². The summed E-state index contributed by atoms with van der Waals surface area (Å²) >= 11 is 7.48. The van der Waals surface area contributed by atoms with Crippen LogP contribution in [-0.4, -0.2) is 25.1 Å². The molecule has 1 amide bonds. The number of carbonyl (C=O) groups is 2. The number of carbonyl (C=O) groups excluding carboxylic acids is 2. The smallest absolute Gasteiger partial charge is 0.341 e. The quantitative estimate of drug-likeness (QED) is 0.724. The maximum Gasteiger partial charge on any atom is 0.341 e. The zero-order chi connectivity index (χ0) is 19.6. The Hall–Kier alpha value is -2.05. The number of methoxy groups -OCH3 is 1. The Morgan fingerprint density at radius 2 is 2.00 bits per heavy atom. The predicted molar refractivity (Wildman–Crippen MR) is 107 cm³/mol. The average Bonchev–Trinajstić information content (AvgIpc) is 3.01. The normalized spacial score (nSPS) is 14.2. The Bertz CT molecular complexity index is 877. The van der Waals surface area contributed by atoms with E-state index in [0.717, 1.165) is 41.7 Å². The first kappa shape index (κ1) is 19.7. The fourth-order valence-corrected chi connectivity index (χ4v) is 4.53. The molecule has 0 fully saturated rings. The van der Waals surface area contributed by atoms with E-state index in [9.17, 15) is 9.59 Å². The third-order valence-electron chi connectivity index (χ3n) is 4.61. The summed E-state index contributed by atoms with van der Waals surface area (Å²) in [6, 6.07) is 5.25. The lowest BCUT2D eigenvalue weighted by molar-refractivity contribution is -0.122. The van der Waals surface area contributed by atoms with E-state index in [1.54, 1.807) is 25.1 Å². The molecular weight excluding hydrogens is 386 g/mol. The van der Waals surface area contributed by atoms with Crippen molar-refractivity contribution in [3.05, 3.63) is 44.8 Å². The summed E-state index contributed by atoms with van der Waals surface area (Å²) in [6.45, 7) is 3.54. The molecule has 27 heavy (non-hydrogen) atoms. The molecule has 7 heteroatoms. The summed E-state index contributed by atoms with van der Waals surface area (Å²) < 4.78 is 10.7. The van der Waals surface area contributed by atoms with E-state index in [0.29, 0.717) is 21.3 Å². The van der Waals surface area contributed by atoms with E-state index < -0.39 is 12.1 Å². The lowest BCUT2D eigenvalue weighted by Crippen LogP contribution is -2.30. The number of fused-ring (bicyclic) bond motifs is 1. The maximum absolute atomic E-state index is 12.6. The molecule has 1 aromatic heterocycles. The van der Waals surface area contributed by atoms with E-state index in [4.69, 9.17) is 21.1 Å². The highest BCUT2D eigenvalue weighted by atomic mass is 35.5. The van der Waals surface area contributed by atoms with Crippen LogP contribution < -0.4 is 10.1 Å². The fourth-order valence-electron chi connectivity index (χ4n) is 3.13. The van der Waals surface area contributed by atoms with Gasteiger partial charge < -0.3 is 14.8 Å². The Labute approximate surface area is 167 Å². The molecule has 0 saturated carbocycles. The van der Waals surface area contributed by atoms with Gasteiger partial charge in [-0.25, -0.2) is 4.79 Å². The van der Waals surface area contributed by atoms with Gasteiger partial charge in [0.25, 0.3) is 5.91 Å². The highest BCUT2D eigenvalue weighted by Crippen LogP contribution is 2.38. The summed E-state index contributed by atoms with van der Waals surface area (Å²) in [5.41, 5.74) is 2.37. The minimum Gasteiger partial charge on any atom is -0.481 e. The van der Waals surface area contributed by atoms with Crippen molar-refractivity contribution >= 4 is 39.8 Å². The number of benzene rings is 1. The Morgan fingerprint density at radius 1 is 1.26 bits per heavy atom. The van der Waals surface area contributed by atoms with Gasteiger partial charge in [0.2, 0.25) is 0 Å². The largest absolute Gasteiger partial charge is 0.481 e. The minimum absolute atomic E-state index is 0.314. The summed E-state index contributed by atoms with van der Waals surface area (Å²) in [7, 11) is 1.36. The molecule has 0 radical (unpaired) electrons. The molecule has 0 saturated heterocycles. The average molecular weight is 408 g/mol. The molecule has 1 aliphatic rings. The van der Waals surface area contributed by atoms with Crippen LogP contribution in [0.25, 0.3) is 0 Å². The van der Waals surface area contributed by atoms with Crippen molar-refractivity contribution in [2.75, 3.05) is 12.4 Å². The van der Waals surface area contributed by atoms with Gasteiger partial charge in [-0.1, -0.05) is 11.6 Å². The van der Waals surface area contributed by atoms with Crippen molar-refractivity contribution in [1.82, 2.24) is 0 Å². The molecule has 0 spiro atoms. The molecule has 2 aromatic rings. The third kappa shape index (κ3) is 4.28. The molecule has 3 rings (SSSR count). The van der Waals surface area contributed by atoms with Gasteiger partial charge in [0, 0.05) is 9.90 Å². The molecule has 1 heterocycles. The number of amides is 1. The van der Waals surface area contributed by atoms with Crippen molar-refractivity contribution in [2.24, 2.45) is 0 Å². The maximum atomic E-state index is 12.6. The van der Waals surface area contributed by atoms with Crippen molar-refractivity contribution < 1.29 is 19.1 Å². The zero-order valence-corrected chi connectivity index (χ0v) is 17.1. The van der Waals surface area contributed by atoms with Gasteiger partial charge in [-0.05, 0) is 68.9 Å². The second-order valence-electron chi connectivity index (χ2n) is 6.57. The second-order valence-corrected chi connectivity index (χ2v) is 8.08. The standard InChI is InChI=1S/C20H22ClNO4S/c1-11-10-13(8-9-15(11)21)26-12(2)18(23)22-19-17(20(24)25-3)14-6-4-5-7-16(14)27-19/h8-10,12H,4-7H2,1-3H3,(H,22,23)/t12-/m1/s1. The first-order valence-electron chi connectivity index (χ1n) is 8.87. The number of aryl methyl sites for hydroxylation is 2. The predicted octanol–water partition coefficient (Wildman–Crippen LogP) is 4.78. The van der Waals surface area contributed by atoms with E-state index >= 15 is 0 Å². The number of ether oxygens (including phenoxy) is 2. The van der Waals surface area contributed by atoms with E-state index in [-0.39, 0.29) is 5.91 Å². The van der Waals surface area contributed by atoms with Crippen LogP contribution in [-0.2, 0) is 22.4 Å². The molecule has 0 aliphatic heterocycles. The third-order valence-corrected chi connectivity index (χ3v) is 6.24. The van der Waals surface area contributed by atoms with Gasteiger partial charge in [0.15, 0.2) is 6.10 Å². The lowest BCUT2D eigenvalue weighted by Gasteiger charge is -2.15. The number of thiophene rings is 1. The molecule has 0 bridgehead atoms. The van der Waals surface area contributed by atoms with Gasteiger partial charge in [0.05, 0.1) is 12.7 Å². The molecule has 5 nitrogen and oxygen atoms in total. The van der Waals surface area contributed by atoms with Crippen molar-refractivity contribution in [1.29, 1.82) is 0 Å². The highest BCUT2D eigenvalue weighted by molar-refractivity contribution is 7.17. The summed E-state index contributed by atoms with van der Waals surface area (Å²) in [4.78, 5) is 26.1. The Morgan fingerprint density at radius 3 is 2.70 bits per heavy atom. The molecule has 1 N–H and O–H groups in total. The molecule has 1 aromatic carbocycles. The van der Waals surface area contributed by atoms with Crippen LogP contribution in [0.4, 0.5) is 5.00 Å². The number of nitrogens with one attached hydrogen (secondary N) is 1. The lowest BCUT2D eigenvalue weighted by atomic mass is 9.95. The number of rotatable bonds is 5. The van der Waals surface area contributed by atoms with Crippen LogP contribution in [0.3, 0.4) is 0 Å². The van der Waals surface area contributed by atoms with E-state index in [1.807, 2.05) is 6.92 Å². The van der Waals surface area contributed by atoms with E-state index in [2.05, 4.69) is 5.32 Å². The number of halogens is 1. The summed E-state index contributed by atoms with van der Waals surface area (Å²) in [5.74, 6) is -0.156. The molecular formula is C20H22ClNO4S. The first-order chi connectivity index (χ1) is 12.9. The van der Waals surface area contributed by atoms with Crippen molar-refractivity contribution in [3.8, 4) is 5.75 Å². The summed E-state index contributed by atoms with van der Waals surface area (Å²) in [5, 5.41) is 4.04. The van der Waals surface area contributed by atoms with Crippen LogP contribution in [0.15, 0.2) is 18.2 Å². The monoisotopic (exact) mass is 407 g/mol. The van der Waals surface area contributed by atoms with Crippen LogP contribution in [0.5, 0.6) is 5.75 Å². The number of esters is 1. The SMILES string of the molecule is COC(=O)c1c(NC(=O)[C@@H](C)Oc2ccc(Cl)c(C)c2)sc2c1CCCC2. The summed E-state index contributed by atoms with van der Waals surface area (Å²) in [6.07, 6.45) is 3.17. The molecule has 0 unspecified atom stereocenters. The van der Waals surface area contributed by atoms with Crippen molar-refractivity contribution in [2.45, 2.75) is 45.6 Å². The van der Waals surface area contributed by atoms with Crippen LogP contribution in [0.1, 0.15) is 46.1 Å². The fraction of sp³-hybridized carbons (Fsp3) is 0.400. The van der Waals surface area contributed by atoms with E-state index in [1.165, 1.54) is 18.4 Å². The van der Waals surface area contributed by atoms with Gasteiger partial charge in [-0.3, -0.25) is 4.79 Å². The number of hydrogen-bond donors (Lipinski definition) is 1. The number of anilines is 1. The van der Waals surface area contributed by atoms with Gasteiger partial charge >= 0.3 is 5.97 Å². The van der Waals surface area contributed by atoms with Gasteiger partial charge in [-0.15, -0.1) is 11.3 Å². The molecule has 144 valence electrons. The van der Waals surface area contributed by atoms with Crippen LogP contribution >= 0.6 is 22.9 Å². The van der Waals surface area contributed by atoms with Gasteiger partial charge in [-0.2, -0.15) is 0 Å². The van der Waals surface area contributed by atoms with Gasteiger partial charge in [0.1, 0.15) is 10.8 Å². The Balaban J connectivity index is 1.77. The molecule has 1 atom stereocenters. The van der Waals surface area contributed by atoms with Crippen LogP contribution in [0, 0.1) is 6.92 Å². The minimum atomic E-state index is -0.727. The number of hydrogen-bond acceptors (Lipinski definition) is 5. The Kier molecular flexibility index (Phi) is 6.07. The topological polar surface area (TPSA) is 64.6 Å². The highest BCUT2D eigenvalue weighted by Gasteiger charge is 2.28. The molecule has 1 aliphatic carbocycles.